The predicted molar refractivity (Wildman–Crippen MR) is 87.1 cm³/mol. The monoisotopic (exact) mass is 335 g/mol. The number of likely N-dealkylation sites (N-methyl/N-ethyl adjacent to an activating group) is 1. The van der Waals surface area contributed by atoms with Crippen molar-refractivity contribution in [2.75, 3.05) is 25.0 Å². The molecule has 3 N–H and O–H groups in total. The molecule has 24 heavy (non-hydrogen) atoms. The van der Waals surface area contributed by atoms with E-state index in [4.69, 9.17) is 4.74 Å². The van der Waals surface area contributed by atoms with Crippen LogP contribution >= 0.6 is 0 Å². The molecule has 0 fully saturated rings. The van der Waals surface area contributed by atoms with Crippen molar-refractivity contribution >= 4 is 29.4 Å². The Labute approximate surface area is 139 Å². The van der Waals surface area contributed by atoms with Crippen molar-refractivity contribution in [1.82, 2.24) is 10.6 Å². The summed E-state index contributed by atoms with van der Waals surface area (Å²) in [5, 5.41) is 7.49. The molecular weight excluding hydrogens is 314 g/mol. The minimum atomic E-state index is -0.560. The standard InChI is InChI=1S/C16H21N3O5/c1-3-17-14(21)9-18-15(22)10-24-16(23)8-12-4-6-13(7-5-12)19-11(2)20/h4-7H,3,8-10H2,1-2H3,(H,17,21)(H,18,22)(H,19,20). The highest BCUT2D eigenvalue weighted by molar-refractivity contribution is 5.88. The molecule has 0 bridgehead atoms. The minimum Gasteiger partial charge on any atom is -0.455 e. The summed E-state index contributed by atoms with van der Waals surface area (Å²) in [6.45, 7) is 3.05. The molecule has 8 nitrogen and oxygen atoms in total. The molecule has 0 aromatic heterocycles. The number of ether oxygens (including phenoxy) is 1. The van der Waals surface area contributed by atoms with Crippen LogP contribution in [-0.2, 0) is 30.3 Å². The molecule has 0 saturated carbocycles. The van der Waals surface area contributed by atoms with Gasteiger partial charge in [-0.1, -0.05) is 12.1 Å². The number of benzene rings is 1. The molecule has 0 aliphatic rings. The van der Waals surface area contributed by atoms with Crippen molar-refractivity contribution in [2.24, 2.45) is 0 Å². The molecule has 0 spiro atoms. The number of anilines is 1. The van der Waals surface area contributed by atoms with E-state index < -0.39 is 18.5 Å². The fourth-order valence-corrected chi connectivity index (χ4v) is 1.76. The first kappa shape index (κ1) is 19.1. The first-order valence-electron chi connectivity index (χ1n) is 7.46. The summed E-state index contributed by atoms with van der Waals surface area (Å²) >= 11 is 0. The van der Waals surface area contributed by atoms with Crippen LogP contribution < -0.4 is 16.0 Å². The highest BCUT2D eigenvalue weighted by Gasteiger charge is 2.10. The second kappa shape index (κ2) is 9.98. The maximum Gasteiger partial charge on any atom is 0.310 e. The summed E-state index contributed by atoms with van der Waals surface area (Å²) in [7, 11) is 0. The Morgan fingerprint density at radius 2 is 1.67 bits per heavy atom. The van der Waals surface area contributed by atoms with E-state index in [0.717, 1.165) is 0 Å². The number of rotatable bonds is 8. The van der Waals surface area contributed by atoms with Crippen molar-refractivity contribution in [3.8, 4) is 0 Å². The molecule has 130 valence electrons. The lowest BCUT2D eigenvalue weighted by Crippen LogP contribution is -2.38. The molecule has 3 amide bonds. The molecule has 0 heterocycles. The van der Waals surface area contributed by atoms with Crippen LogP contribution in [-0.4, -0.2) is 43.4 Å². The SMILES string of the molecule is CCNC(=O)CNC(=O)COC(=O)Cc1ccc(NC(C)=O)cc1. The van der Waals surface area contributed by atoms with Crippen molar-refractivity contribution in [2.45, 2.75) is 20.3 Å². The van der Waals surface area contributed by atoms with Gasteiger partial charge in [-0.25, -0.2) is 0 Å². The second-order valence-electron chi connectivity index (χ2n) is 4.95. The lowest BCUT2D eigenvalue weighted by atomic mass is 10.1. The Hall–Kier alpha value is -2.90. The highest BCUT2D eigenvalue weighted by atomic mass is 16.5. The molecule has 0 atom stereocenters. The van der Waals surface area contributed by atoms with Gasteiger partial charge in [0.1, 0.15) is 0 Å². The predicted octanol–water partition coefficient (Wildman–Crippen LogP) is -0.0170. The molecule has 0 aliphatic carbocycles. The Balaban J connectivity index is 2.31. The summed E-state index contributed by atoms with van der Waals surface area (Å²) in [5.41, 5.74) is 1.32. The number of amides is 3. The van der Waals surface area contributed by atoms with Gasteiger partial charge in [0, 0.05) is 19.2 Å². The summed E-state index contributed by atoms with van der Waals surface area (Å²) in [5.74, 6) is -1.59. The molecule has 1 aromatic carbocycles. The van der Waals surface area contributed by atoms with Gasteiger partial charge in [-0.2, -0.15) is 0 Å². The topological polar surface area (TPSA) is 114 Å². The zero-order valence-electron chi connectivity index (χ0n) is 13.7. The number of hydrogen-bond acceptors (Lipinski definition) is 5. The zero-order chi connectivity index (χ0) is 17.9. The first-order chi connectivity index (χ1) is 11.4. The fourth-order valence-electron chi connectivity index (χ4n) is 1.76. The molecule has 1 rings (SSSR count). The lowest BCUT2D eigenvalue weighted by Gasteiger charge is -2.07. The number of carbonyl (C=O) groups is 4. The van der Waals surface area contributed by atoms with Crippen LogP contribution in [0, 0.1) is 0 Å². The summed E-state index contributed by atoms with van der Waals surface area (Å²) in [6.07, 6.45) is 0.00392. The molecule has 1 aromatic rings. The van der Waals surface area contributed by atoms with Gasteiger partial charge in [0.05, 0.1) is 13.0 Å². The first-order valence-corrected chi connectivity index (χ1v) is 7.46. The molecule has 0 saturated heterocycles. The van der Waals surface area contributed by atoms with Gasteiger partial charge in [0.15, 0.2) is 6.61 Å². The normalized spacial score (nSPS) is 9.75. The summed E-state index contributed by atoms with van der Waals surface area (Å²) in [6, 6.07) is 6.70. The van der Waals surface area contributed by atoms with Crippen LogP contribution in [0.15, 0.2) is 24.3 Å². The van der Waals surface area contributed by atoms with Gasteiger partial charge in [0.25, 0.3) is 5.91 Å². The maximum absolute atomic E-state index is 11.7. The van der Waals surface area contributed by atoms with Crippen molar-refractivity contribution in [3.63, 3.8) is 0 Å². The van der Waals surface area contributed by atoms with Gasteiger partial charge in [-0.15, -0.1) is 0 Å². The molecular formula is C16H21N3O5. The lowest BCUT2D eigenvalue weighted by molar-refractivity contribution is -0.147. The van der Waals surface area contributed by atoms with Crippen molar-refractivity contribution < 1.29 is 23.9 Å². The van der Waals surface area contributed by atoms with Crippen LogP contribution in [0.4, 0.5) is 5.69 Å². The zero-order valence-corrected chi connectivity index (χ0v) is 13.7. The third kappa shape index (κ3) is 7.92. The van der Waals surface area contributed by atoms with Gasteiger partial charge in [-0.3, -0.25) is 19.2 Å². The van der Waals surface area contributed by atoms with Crippen LogP contribution in [0.25, 0.3) is 0 Å². The van der Waals surface area contributed by atoms with E-state index in [1.807, 2.05) is 0 Å². The third-order valence-corrected chi connectivity index (χ3v) is 2.81. The smallest absolute Gasteiger partial charge is 0.310 e. The van der Waals surface area contributed by atoms with Gasteiger partial charge in [0.2, 0.25) is 11.8 Å². The molecule has 0 aliphatic heterocycles. The minimum absolute atomic E-state index is 0.00392. The van der Waals surface area contributed by atoms with Crippen molar-refractivity contribution in [1.29, 1.82) is 0 Å². The van der Waals surface area contributed by atoms with Crippen LogP contribution in [0.5, 0.6) is 0 Å². The molecule has 0 radical (unpaired) electrons. The largest absolute Gasteiger partial charge is 0.455 e. The van der Waals surface area contributed by atoms with Crippen LogP contribution in [0.3, 0.4) is 0 Å². The third-order valence-electron chi connectivity index (χ3n) is 2.81. The maximum atomic E-state index is 11.7. The number of esters is 1. The van der Waals surface area contributed by atoms with Crippen molar-refractivity contribution in [3.05, 3.63) is 29.8 Å². The van der Waals surface area contributed by atoms with Gasteiger partial charge in [-0.05, 0) is 24.6 Å². The summed E-state index contributed by atoms with van der Waals surface area (Å²) < 4.78 is 4.84. The van der Waals surface area contributed by atoms with Crippen LogP contribution in [0.2, 0.25) is 0 Å². The van der Waals surface area contributed by atoms with E-state index in [1.165, 1.54) is 6.92 Å². The van der Waals surface area contributed by atoms with E-state index in [2.05, 4.69) is 16.0 Å². The van der Waals surface area contributed by atoms with E-state index >= 15 is 0 Å². The number of carbonyl (C=O) groups excluding carboxylic acids is 4. The van der Waals surface area contributed by atoms with E-state index in [9.17, 15) is 19.2 Å². The Kier molecular flexibility index (Phi) is 7.97. The molecule has 0 unspecified atom stereocenters. The fraction of sp³-hybridized carbons (Fsp3) is 0.375. The Morgan fingerprint density at radius 3 is 2.25 bits per heavy atom. The van der Waals surface area contributed by atoms with E-state index in [0.29, 0.717) is 17.8 Å². The Bertz CT molecular complexity index is 598. The van der Waals surface area contributed by atoms with Crippen LogP contribution in [0.1, 0.15) is 19.4 Å². The van der Waals surface area contributed by atoms with Gasteiger partial charge >= 0.3 is 5.97 Å². The second-order valence-corrected chi connectivity index (χ2v) is 4.95. The van der Waals surface area contributed by atoms with E-state index in [1.54, 1.807) is 31.2 Å². The average molecular weight is 335 g/mol. The number of hydrogen-bond donors (Lipinski definition) is 3. The number of nitrogens with one attached hydrogen (secondary N) is 3. The molecule has 8 heteroatoms. The summed E-state index contributed by atoms with van der Waals surface area (Å²) in [4.78, 5) is 45.2. The average Bonchev–Trinajstić information content (AvgIpc) is 2.52. The Morgan fingerprint density at radius 1 is 1.00 bits per heavy atom. The quantitative estimate of drug-likeness (QED) is 0.578. The van der Waals surface area contributed by atoms with E-state index in [-0.39, 0.29) is 24.8 Å². The highest BCUT2D eigenvalue weighted by Crippen LogP contribution is 2.10. The van der Waals surface area contributed by atoms with Gasteiger partial charge < -0.3 is 20.7 Å².